The van der Waals surface area contributed by atoms with Gasteiger partial charge in [-0.3, -0.25) is 4.90 Å². The lowest BCUT2D eigenvalue weighted by Crippen LogP contribution is -2.27. The van der Waals surface area contributed by atoms with Crippen molar-refractivity contribution in [1.82, 2.24) is 19.2 Å². The summed E-state index contributed by atoms with van der Waals surface area (Å²) in [5.41, 5.74) is 0. The van der Waals surface area contributed by atoms with Gasteiger partial charge < -0.3 is 14.0 Å². The first kappa shape index (κ1) is 17.9. The molecule has 0 amide bonds. The van der Waals surface area contributed by atoms with Gasteiger partial charge in [0.2, 0.25) is 0 Å². The number of aromatic nitrogens is 3. The summed E-state index contributed by atoms with van der Waals surface area (Å²) in [6.07, 6.45) is 2.47. The van der Waals surface area contributed by atoms with Crippen LogP contribution in [0.3, 0.4) is 0 Å². The molecule has 7 heteroatoms. The maximum atomic E-state index is 5.78. The van der Waals surface area contributed by atoms with Crippen LogP contribution in [0.2, 0.25) is 0 Å². The van der Waals surface area contributed by atoms with Crippen LogP contribution in [0, 0.1) is 4.77 Å². The highest BCUT2D eigenvalue weighted by Gasteiger charge is 2.29. The van der Waals surface area contributed by atoms with Crippen molar-refractivity contribution >= 4 is 12.2 Å². The molecule has 0 unspecified atom stereocenters. The SMILES string of the molecule is CCn1c(C2CC2)nn(CN(C)CCOc2ccc(OC)cc2)c1=S. The van der Waals surface area contributed by atoms with E-state index in [4.69, 9.17) is 26.8 Å². The topological polar surface area (TPSA) is 44.5 Å². The highest BCUT2D eigenvalue weighted by atomic mass is 32.1. The van der Waals surface area contributed by atoms with Crippen molar-refractivity contribution in [3.8, 4) is 11.5 Å². The highest BCUT2D eigenvalue weighted by Crippen LogP contribution is 2.39. The van der Waals surface area contributed by atoms with E-state index in [2.05, 4.69) is 23.4 Å². The van der Waals surface area contributed by atoms with Crippen LogP contribution in [0.1, 0.15) is 31.5 Å². The summed E-state index contributed by atoms with van der Waals surface area (Å²) >= 11 is 5.58. The molecule has 0 radical (unpaired) electrons. The van der Waals surface area contributed by atoms with E-state index in [1.54, 1.807) is 7.11 Å². The summed E-state index contributed by atoms with van der Waals surface area (Å²) in [7, 11) is 3.71. The summed E-state index contributed by atoms with van der Waals surface area (Å²) < 4.78 is 15.8. The van der Waals surface area contributed by atoms with E-state index in [0.717, 1.165) is 35.2 Å². The lowest BCUT2D eigenvalue weighted by atomic mass is 10.3. The molecule has 1 fully saturated rings. The van der Waals surface area contributed by atoms with Crippen LogP contribution in [0.5, 0.6) is 11.5 Å². The van der Waals surface area contributed by atoms with E-state index in [-0.39, 0.29) is 0 Å². The third-order valence-corrected chi connectivity index (χ3v) is 4.82. The molecule has 0 N–H and O–H groups in total. The number of benzene rings is 1. The summed E-state index contributed by atoms with van der Waals surface area (Å²) in [5, 5.41) is 4.75. The zero-order chi connectivity index (χ0) is 17.8. The Kier molecular flexibility index (Phi) is 5.75. The molecule has 136 valence electrons. The fourth-order valence-corrected chi connectivity index (χ4v) is 3.10. The highest BCUT2D eigenvalue weighted by molar-refractivity contribution is 7.71. The van der Waals surface area contributed by atoms with Gasteiger partial charge in [-0.25, -0.2) is 4.68 Å². The molecule has 1 aromatic carbocycles. The molecule has 1 saturated carbocycles. The standard InChI is InChI=1S/C18H26N4O2S/c1-4-21-17(14-5-6-14)19-22(18(21)25)13-20(2)11-12-24-16-9-7-15(23-3)8-10-16/h7-10,14H,4-6,11-13H2,1-3H3. The molecule has 3 rings (SSSR count). The Labute approximate surface area is 154 Å². The Hall–Kier alpha value is -1.86. The number of hydrogen-bond acceptors (Lipinski definition) is 5. The van der Waals surface area contributed by atoms with Crippen LogP contribution >= 0.6 is 12.2 Å². The number of methoxy groups -OCH3 is 1. The fourth-order valence-electron chi connectivity index (χ4n) is 2.78. The molecule has 0 bridgehead atoms. The Morgan fingerprint density at radius 2 is 1.92 bits per heavy atom. The van der Waals surface area contributed by atoms with Crippen LogP contribution in [0.4, 0.5) is 0 Å². The average Bonchev–Trinajstić information content (AvgIpc) is 3.41. The van der Waals surface area contributed by atoms with Crippen molar-refractivity contribution in [2.45, 2.75) is 38.9 Å². The van der Waals surface area contributed by atoms with Gasteiger partial charge in [-0.2, -0.15) is 5.10 Å². The molecular weight excluding hydrogens is 336 g/mol. The van der Waals surface area contributed by atoms with E-state index in [1.807, 2.05) is 28.9 Å². The molecular formula is C18H26N4O2S. The van der Waals surface area contributed by atoms with Crippen LogP contribution in [-0.2, 0) is 13.2 Å². The average molecular weight is 362 g/mol. The Bertz CT molecular complexity index is 749. The molecule has 6 nitrogen and oxygen atoms in total. The van der Waals surface area contributed by atoms with Crippen molar-refractivity contribution in [3.63, 3.8) is 0 Å². The molecule has 2 aromatic rings. The number of hydrogen-bond donors (Lipinski definition) is 0. The zero-order valence-corrected chi connectivity index (χ0v) is 16.0. The van der Waals surface area contributed by atoms with Gasteiger partial charge in [0.25, 0.3) is 0 Å². The molecule has 1 aliphatic carbocycles. The van der Waals surface area contributed by atoms with Crippen LogP contribution in [-0.4, -0.2) is 46.6 Å². The summed E-state index contributed by atoms with van der Waals surface area (Å²) in [6, 6.07) is 7.63. The predicted octanol–water partition coefficient (Wildman–Crippen LogP) is 3.29. The van der Waals surface area contributed by atoms with E-state index < -0.39 is 0 Å². The van der Waals surface area contributed by atoms with Gasteiger partial charge in [-0.05, 0) is 63.3 Å². The molecule has 0 saturated heterocycles. The Morgan fingerprint density at radius 1 is 1.24 bits per heavy atom. The quantitative estimate of drug-likeness (QED) is 0.641. The first-order valence-electron chi connectivity index (χ1n) is 8.75. The second kappa shape index (κ2) is 8.01. The number of ether oxygens (including phenoxy) is 2. The fraction of sp³-hybridized carbons (Fsp3) is 0.556. The van der Waals surface area contributed by atoms with Gasteiger partial charge in [-0.15, -0.1) is 0 Å². The second-order valence-electron chi connectivity index (χ2n) is 6.40. The van der Waals surface area contributed by atoms with Gasteiger partial charge >= 0.3 is 0 Å². The van der Waals surface area contributed by atoms with Gasteiger partial charge in [0.1, 0.15) is 23.9 Å². The largest absolute Gasteiger partial charge is 0.497 e. The molecule has 0 spiro atoms. The lowest BCUT2D eigenvalue weighted by molar-refractivity contribution is 0.197. The van der Waals surface area contributed by atoms with E-state index in [9.17, 15) is 0 Å². The normalized spacial score (nSPS) is 14.1. The van der Waals surface area contributed by atoms with E-state index in [1.165, 1.54) is 12.8 Å². The van der Waals surface area contributed by atoms with Crippen LogP contribution < -0.4 is 9.47 Å². The van der Waals surface area contributed by atoms with Crippen molar-refractivity contribution in [2.24, 2.45) is 0 Å². The lowest BCUT2D eigenvalue weighted by Gasteiger charge is -2.16. The minimum atomic E-state index is 0.603. The Morgan fingerprint density at radius 3 is 2.52 bits per heavy atom. The predicted molar refractivity (Wildman–Crippen MR) is 99.8 cm³/mol. The van der Waals surface area contributed by atoms with Gasteiger partial charge in [0.05, 0.1) is 13.8 Å². The van der Waals surface area contributed by atoms with Crippen molar-refractivity contribution in [2.75, 3.05) is 27.3 Å². The van der Waals surface area contributed by atoms with Crippen LogP contribution in [0.25, 0.3) is 0 Å². The first-order chi connectivity index (χ1) is 12.1. The minimum absolute atomic E-state index is 0.603. The second-order valence-corrected chi connectivity index (χ2v) is 6.77. The number of likely N-dealkylation sites (N-methyl/N-ethyl adjacent to an activating group) is 1. The third-order valence-electron chi connectivity index (χ3n) is 4.39. The molecule has 1 aliphatic rings. The van der Waals surface area contributed by atoms with Gasteiger partial charge in [-0.1, -0.05) is 0 Å². The summed E-state index contributed by atoms with van der Waals surface area (Å²) in [5.74, 6) is 3.43. The van der Waals surface area contributed by atoms with Gasteiger partial charge in [0.15, 0.2) is 4.77 Å². The van der Waals surface area contributed by atoms with E-state index >= 15 is 0 Å². The summed E-state index contributed by atoms with van der Waals surface area (Å²) in [4.78, 5) is 2.17. The molecule has 0 atom stereocenters. The smallest absolute Gasteiger partial charge is 0.199 e. The minimum Gasteiger partial charge on any atom is -0.497 e. The maximum absolute atomic E-state index is 5.78. The first-order valence-corrected chi connectivity index (χ1v) is 9.16. The Balaban J connectivity index is 1.52. The van der Waals surface area contributed by atoms with Crippen molar-refractivity contribution in [3.05, 3.63) is 34.9 Å². The monoisotopic (exact) mass is 362 g/mol. The maximum Gasteiger partial charge on any atom is 0.199 e. The van der Waals surface area contributed by atoms with Gasteiger partial charge in [0, 0.05) is 19.0 Å². The zero-order valence-electron chi connectivity index (χ0n) is 15.1. The molecule has 0 aliphatic heterocycles. The third kappa shape index (κ3) is 4.41. The molecule has 1 heterocycles. The van der Waals surface area contributed by atoms with E-state index in [0.29, 0.717) is 19.2 Å². The van der Waals surface area contributed by atoms with Crippen LogP contribution in [0.15, 0.2) is 24.3 Å². The number of rotatable bonds is 9. The number of nitrogens with zero attached hydrogens (tertiary/aromatic N) is 4. The molecule has 1 aromatic heterocycles. The van der Waals surface area contributed by atoms with Crippen molar-refractivity contribution < 1.29 is 9.47 Å². The summed E-state index contributed by atoms with van der Waals surface area (Å²) in [6.45, 7) is 5.10. The van der Waals surface area contributed by atoms with Crippen molar-refractivity contribution in [1.29, 1.82) is 0 Å². The molecule has 25 heavy (non-hydrogen) atoms.